The van der Waals surface area contributed by atoms with E-state index in [1.165, 1.54) is 5.56 Å². The molecule has 0 radical (unpaired) electrons. The molecule has 0 aliphatic carbocycles. The molecule has 1 N–H and O–H groups in total. The first kappa shape index (κ1) is 20.4. The van der Waals surface area contributed by atoms with E-state index in [9.17, 15) is 9.59 Å². The van der Waals surface area contributed by atoms with Gasteiger partial charge in [-0.2, -0.15) is 0 Å². The van der Waals surface area contributed by atoms with Crippen LogP contribution in [0.4, 0.5) is 0 Å². The summed E-state index contributed by atoms with van der Waals surface area (Å²) in [6, 6.07) is 7.99. The lowest BCUT2D eigenvalue weighted by Gasteiger charge is -2.17. The summed E-state index contributed by atoms with van der Waals surface area (Å²) in [7, 11) is 0. The van der Waals surface area contributed by atoms with E-state index >= 15 is 0 Å². The van der Waals surface area contributed by atoms with E-state index < -0.39 is 11.8 Å². The predicted octanol–water partition coefficient (Wildman–Crippen LogP) is 3.36. The highest BCUT2D eigenvalue weighted by Crippen LogP contribution is 2.23. The van der Waals surface area contributed by atoms with Gasteiger partial charge in [0.15, 0.2) is 5.79 Å². The van der Waals surface area contributed by atoms with Crippen molar-refractivity contribution >= 4 is 11.8 Å². The molecule has 0 spiro atoms. The fraction of sp³-hybridized carbons (Fsp3) is 0.600. The number of carboxylic acid groups (broad SMARTS) is 1. The zero-order chi connectivity index (χ0) is 19.0. The third kappa shape index (κ3) is 7.54. The molecule has 26 heavy (non-hydrogen) atoms. The van der Waals surface area contributed by atoms with Crippen LogP contribution >= 0.6 is 0 Å². The molecule has 0 amide bonds. The van der Waals surface area contributed by atoms with Crippen LogP contribution in [0, 0.1) is 0 Å². The van der Waals surface area contributed by atoms with Crippen molar-refractivity contribution in [1.29, 1.82) is 0 Å². The maximum Gasteiger partial charge on any atom is 0.310 e. The van der Waals surface area contributed by atoms with Gasteiger partial charge in [0.2, 0.25) is 0 Å². The van der Waals surface area contributed by atoms with Crippen LogP contribution in [0.1, 0.15) is 51.5 Å². The van der Waals surface area contributed by atoms with Crippen molar-refractivity contribution in [2.75, 3.05) is 13.2 Å². The highest BCUT2D eigenvalue weighted by Gasteiger charge is 2.32. The van der Waals surface area contributed by atoms with Crippen LogP contribution in [-0.2, 0) is 25.5 Å². The van der Waals surface area contributed by atoms with Gasteiger partial charge in [0.05, 0.1) is 6.61 Å². The Labute approximate surface area is 154 Å². The van der Waals surface area contributed by atoms with Crippen molar-refractivity contribution in [3.8, 4) is 5.75 Å². The third-order valence-electron chi connectivity index (χ3n) is 4.20. The van der Waals surface area contributed by atoms with Crippen molar-refractivity contribution < 1.29 is 28.9 Å². The minimum Gasteiger partial charge on any atom is -0.491 e. The molecule has 1 heterocycles. The number of carbonyl (C=O) groups excluding carboxylic acids is 1. The fourth-order valence-electron chi connectivity index (χ4n) is 2.87. The first-order chi connectivity index (χ1) is 12.3. The Kier molecular flexibility index (Phi) is 7.60. The monoisotopic (exact) mass is 364 g/mol. The average molecular weight is 364 g/mol. The van der Waals surface area contributed by atoms with E-state index in [4.69, 9.17) is 19.3 Å². The second-order valence-electron chi connectivity index (χ2n) is 7.08. The molecule has 6 heteroatoms. The van der Waals surface area contributed by atoms with E-state index in [1.54, 1.807) is 0 Å². The van der Waals surface area contributed by atoms with Crippen molar-refractivity contribution in [3.05, 3.63) is 29.8 Å². The van der Waals surface area contributed by atoms with E-state index in [0.717, 1.165) is 31.4 Å². The zero-order valence-electron chi connectivity index (χ0n) is 15.5. The first-order valence-corrected chi connectivity index (χ1v) is 9.11. The maximum atomic E-state index is 11.3. The molecule has 1 aromatic rings. The van der Waals surface area contributed by atoms with Gasteiger partial charge in [0, 0.05) is 6.42 Å². The highest BCUT2D eigenvalue weighted by atomic mass is 16.7. The lowest BCUT2D eigenvalue weighted by molar-refractivity contribution is -0.141. The van der Waals surface area contributed by atoms with E-state index in [0.29, 0.717) is 19.6 Å². The van der Waals surface area contributed by atoms with Gasteiger partial charge in [-0.3, -0.25) is 9.59 Å². The fourth-order valence-corrected chi connectivity index (χ4v) is 2.87. The van der Waals surface area contributed by atoms with Crippen LogP contribution < -0.4 is 4.74 Å². The van der Waals surface area contributed by atoms with Crippen LogP contribution in [0.2, 0.25) is 0 Å². The summed E-state index contributed by atoms with van der Waals surface area (Å²) in [5.74, 6) is -0.968. The molecule has 1 aliphatic heterocycles. The molecule has 144 valence electrons. The number of ether oxygens (including phenoxy) is 3. The van der Waals surface area contributed by atoms with Gasteiger partial charge >= 0.3 is 5.97 Å². The van der Waals surface area contributed by atoms with Crippen LogP contribution in [0.5, 0.6) is 5.75 Å². The van der Waals surface area contributed by atoms with Crippen molar-refractivity contribution in [1.82, 2.24) is 0 Å². The minimum atomic E-state index is -1.05. The number of aryl methyl sites for hydroxylation is 1. The number of ketones is 1. The number of benzene rings is 1. The number of aliphatic carboxylic acids is 1. The van der Waals surface area contributed by atoms with Gasteiger partial charge in [-0.15, -0.1) is 0 Å². The molecule has 0 aromatic heterocycles. The van der Waals surface area contributed by atoms with E-state index in [1.807, 2.05) is 38.1 Å². The second-order valence-corrected chi connectivity index (χ2v) is 7.08. The number of Topliss-reactive ketones (excluding diaryl/α,β-unsaturated/α-hetero) is 1. The predicted molar refractivity (Wildman–Crippen MR) is 96.3 cm³/mol. The van der Waals surface area contributed by atoms with Crippen molar-refractivity contribution in [3.63, 3.8) is 0 Å². The summed E-state index contributed by atoms with van der Waals surface area (Å²) in [5.41, 5.74) is 1.22. The Balaban J connectivity index is 1.60. The van der Waals surface area contributed by atoms with Gasteiger partial charge in [-0.1, -0.05) is 18.6 Å². The van der Waals surface area contributed by atoms with Gasteiger partial charge < -0.3 is 19.3 Å². The third-order valence-corrected chi connectivity index (χ3v) is 4.20. The molecule has 2 rings (SSSR count). The number of rotatable bonds is 11. The minimum absolute atomic E-state index is 0.0477. The summed E-state index contributed by atoms with van der Waals surface area (Å²) in [6.45, 7) is 4.79. The number of hydrogen-bond donors (Lipinski definition) is 1. The Bertz CT molecular complexity index is 593. The molecule has 1 fully saturated rings. The van der Waals surface area contributed by atoms with Gasteiger partial charge in [0.1, 0.15) is 30.7 Å². The number of unbranched alkanes of at least 4 members (excludes halogenated alkanes) is 2. The number of carbonyl (C=O) groups is 2. The Morgan fingerprint density at radius 2 is 1.92 bits per heavy atom. The lowest BCUT2D eigenvalue weighted by atomic mass is 10.0. The standard InChI is InChI=1S/C20H28O6/c1-20(2)25-14-18(26-20)13-24-17-10-8-15(9-11-17)6-4-3-5-7-16(21)12-19(22)23/h8-11,18H,3-7,12-14H2,1-2H3,(H,22,23). The Hall–Kier alpha value is -1.92. The quantitative estimate of drug-likeness (QED) is 0.479. The van der Waals surface area contributed by atoms with Crippen LogP contribution in [0.3, 0.4) is 0 Å². The molecule has 0 bridgehead atoms. The normalized spacial score (nSPS) is 18.6. The molecule has 1 saturated heterocycles. The maximum absolute atomic E-state index is 11.3. The smallest absolute Gasteiger partial charge is 0.310 e. The van der Waals surface area contributed by atoms with E-state index in [2.05, 4.69) is 0 Å². The SMILES string of the molecule is CC1(C)OCC(COc2ccc(CCCCCC(=O)CC(=O)O)cc2)O1. The molecule has 1 aromatic carbocycles. The summed E-state index contributed by atoms with van der Waals surface area (Å²) in [5, 5.41) is 8.54. The summed E-state index contributed by atoms with van der Waals surface area (Å²) in [4.78, 5) is 21.7. The molecule has 1 aliphatic rings. The Morgan fingerprint density at radius 1 is 1.19 bits per heavy atom. The molecular formula is C20H28O6. The highest BCUT2D eigenvalue weighted by molar-refractivity contribution is 5.94. The zero-order valence-corrected chi connectivity index (χ0v) is 15.5. The molecule has 1 atom stereocenters. The summed E-state index contributed by atoms with van der Waals surface area (Å²) < 4.78 is 17.0. The van der Waals surface area contributed by atoms with Crippen LogP contribution in [0.25, 0.3) is 0 Å². The largest absolute Gasteiger partial charge is 0.491 e. The summed E-state index contributed by atoms with van der Waals surface area (Å²) >= 11 is 0. The number of hydrogen-bond acceptors (Lipinski definition) is 5. The first-order valence-electron chi connectivity index (χ1n) is 9.11. The topological polar surface area (TPSA) is 82.1 Å². The van der Waals surface area contributed by atoms with Gasteiger partial charge in [0.25, 0.3) is 0 Å². The molecule has 0 saturated carbocycles. The lowest BCUT2D eigenvalue weighted by Crippen LogP contribution is -2.25. The average Bonchev–Trinajstić information content (AvgIpc) is 2.92. The molecular weight excluding hydrogens is 336 g/mol. The van der Waals surface area contributed by atoms with E-state index in [-0.39, 0.29) is 18.3 Å². The van der Waals surface area contributed by atoms with Crippen molar-refractivity contribution in [2.45, 2.75) is 64.3 Å². The van der Waals surface area contributed by atoms with Gasteiger partial charge in [-0.25, -0.2) is 0 Å². The van der Waals surface area contributed by atoms with Gasteiger partial charge in [-0.05, 0) is 50.8 Å². The summed E-state index contributed by atoms with van der Waals surface area (Å²) in [6.07, 6.45) is 3.50. The second kappa shape index (κ2) is 9.69. The Morgan fingerprint density at radius 3 is 2.54 bits per heavy atom. The molecule has 6 nitrogen and oxygen atoms in total. The van der Waals surface area contributed by atoms with Crippen LogP contribution in [-0.4, -0.2) is 42.0 Å². The number of carboxylic acids is 1. The molecule has 1 unspecified atom stereocenters. The van der Waals surface area contributed by atoms with Crippen molar-refractivity contribution in [2.24, 2.45) is 0 Å². The van der Waals surface area contributed by atoms with Crippen LogP contribution in [0.15, 0.2) is 24.3 Å².